The van der Waals surface area contributed by atoms with E-state index in [0.29, 0.717) is 11.8 Å². The molecule has 4 atom stereocenters. The zero-order chi connectivity index (χ0) is 14.8. The lowest BCUT2D eigenvalue weighted by Crippen LogP contribution is -2.44. The minimum Gasteiger partial charge on any atom is -0.454 e. The highest BCUT2D eigenvalue weighted by Gasteiger charge is 2.46. The Hall–Kier alpha value is -1.56. The van der Waals surface area contributed by atoms with Crippen LogP contribution in [0.4, 0.5) is 0 Å². The van der Waals surface area contributed by atoms with Gasteiger partial charge in [0.1, 0.15) is 0 Å². The first kappa shape index (κ1) is 12.9. The molecule has 0 amide bonds. The number of nitrogens with zero attached hydrogens (tertiary/aromatic N) is 1. The van der Waals surface area contributed by atoms with Crippen molar-refractivity contribution in [3.63, 3.8) is 0 Å². The third kappa shape index (κ3) is 1.64. The van der Waals surface area contributed by atoms with E-state index in [-0.39, 0.29) is 18.8 Å². The monoisotopic (exact) mass is 301 g/mol. The van der Waals surface area contributed by atoms with Crippen molar-refractivity contribution in [1.29, 1.82) is 0 Å². The Balaban J connectivity index is 1.67. The van der Waals surface area contributed by atoms with Crippen molar-refractivity contribution in [2.45, 2.75) is 37.2 Å². The summed E-state index contributed by atoms with van der Waals surface area (Å²) in [5.74, 6) is 1.73. The molecule has 1 aromatic carbocycles. The molecule has 5 heteroatoms. The molecule has 0 bridgehead atoms. The minimum absolute atomic E-state index is 0.0252. The number of rotatable bonds is 0. The zero-order valence-corrected chi connectivity index (χ0v) is 12.5. The van der Waals surface area contributed by atoms with E-state index in [1.165, 1.54) is 5.57 Å². The largest absolute Gasteiger partial charge is 0.454 e. The van der Waals surface area contributed by atoms with E-state index in [1.807, 2.05) is 6.07 Å². The van der Waals surface area contributed by atoms with Gasteiger partial charge in [-0.1, -0.05) is 11.6 Å². The summed E-state index contributed by atoms with van der Waals surface area (Å²) in [6.07, 6.45) is 3.45. The second kappa shape index (κ2) is 4.47. The summed E-state index contributed by atoms with van der Waals surface area (Å²) in [5.41, 5.74) is 3.48. The summed E-state index contributed by atoms with van der Waals surface area (Å²) in [4.78, 5) is 2.40. The van der Waals surface area contributed by atoms with Gasteiger partial charge in [-0.2, -0.15) is 0 Å². The maximum Gasteiger partial charge on any atom is 0.231 e. The van der Waals surface area contributed by atoms with Crippen LogP contribution in [-0.4, -0.2) is 42.5 Å². The topological polar surface area (TPSA) is 51.2 Å². The van der Waals surface area contributed by atoms with E-state index < -0.39 is 6.29 Å². The van der Waals surface area contributed by atoms with Gasteiger partial charge in [0, 0.05) is 24.1 Å². The molecule has 3 aliphatic heterocycles. The molecule has 1 N–H and O–H groups in total. The van der Waals surface area contributed by atoms with E-state index in [4.69, 9.17) is 14.2 Å². The van der Waals surface area contributed by atoms with E-state index >= 15 is 0 Å². The molecule has 1 aliphatic carbocycles. The molecule has 0 saturated carbocycles. The summed E-state index contributed by atoms with van der Waals surface area (Å²) in [5, 5.41) is 10.4. The number of hydrogen-bond donors (Lipinski definition) is 1. The quantitative estimate of drug-likeness (QED) is 0.742. The summed E-state index contributed by atoms with van der Waals surface area (Å²) in [7, 11) is 2.17. The van der Waals surface area contributed by atoms with E-state index in [2.05, 4.69) is 24.1 Å². The highest BCUT2D eigenvalue weighted by Crippen LogP contribution is 2.50. The lowest BCUT2D eigenvalue weighted by Gasteiger charge is -2.44. The first-order valence-corrected chi connectivity index (χ1v) is 7.88. The normalized spacial score (nSPS) is 35.6. The van der Waals surface area contributed by atoms with Crippen molar-refractivity contribution in [2.24, 2.45) is 0 Å². The van der Waals surface area contributed by atoms with Gasteiger partial charge >= 0.3 is 0 Å². The predicted molar refractivity (Wildman–Crippen MR) is 78.9 cm³/mol. The molecule has 1 saturated heterocycles. The molecule has 5 nitrogen and oxygen atoms in total. The number of aliphatic hydroxyl groups excluding tert-OH is 1. The summed E-state index contributed by atoms with van der Waals surface area (Å²) < 4.78 is 16.9. The van der Waals surface area contributed by atoms with Gasteiger partial charge in [0.25, 0.3) is 0 Å². The van der Waals surface area contributed by atoms with Crippen molar-refractivity contribution in [1.82, 2.24) is 4.90 Å². The van der Waals surface area contributed by atoms with Gasteiger partial charge < -0.3 is 19.3 Å². The molecule has 0 spiro atoms. The Kier molecular flexibility index (Phi) is 2.63. The van der Waals surface area contributed by atoms with Gasteiger partial charge in [-0.3, -0.25) is 4.90 Å². The van der Waals surface area contributed by atoms with Crippen LogP contribution < -0.4 is 9.47 Å². The summed E-state index contributed by atoms with van der Waals surface area (Å²) in [6.45, 7) is 1.33. The predicted octanol–water partition coefficient (Wildman–Crippen LogP) is 1.92. The number of aliphatic hydroxyl groups is 1. The maximum absolute atomic E-state index is 10.4. The third-order valence-corrected chi connectivity index (χ3v) is 5.47. The molecule has 5 rings (SSSR count). The van der Waals surface area contributed by atoms with Crippen LogP contribution in [0, 0.1) is 0 Å². The van der Waals surface area contributed by atoms with Crippen LogP contribution in [0.5, 0.6) is 11.5 Å². The molecular formula is C17H19NO4. The van der Waals surface area contributed by atoms with Crippen molar-refractivity contribution in [2.75, 3.05) is 20.4 Å². The van der Waals surface area contributed by atoms with Crippen LogP contribution in [-0.2, 0) is 4.74 Å². The van der Waals surface area contributed by atoms with Crippen LogP contribution >= 0.6 is 0 Å². The van der Waals surface area contributed by atoms with E-state index in [1.54, 1.807) is 0 Å². The highest BCUT2D eigenvalue weighted by molar-refractivity contribution is 5.52. The second-order valence-corrected chi connectivity index (χ2v) is 6.58. The van der Waals surface area contributed by atoms with Crippen LogP contribution in [0.25, 0.3) is 0 Å². The number of hydrogen-bond acceptors (Lipinski definition) is 5. The minimum atomic E-state index is -0.882. The van der Waals surface area contributed by atoms with Crippen molar-refractivity contribution in [3.8, 4) is 11.5 Å². The third-order valence-electron chi connectivity index (χ3n) is 5.47. The molecular weight excluding hydrogens is 282 g/mol. The van der Waals surface area contributed by atoms with Crippen molar-refractivity contribution < 1.29 is 19.3 Å². The number of ether oxygens (including phenoxy) is 3. The van der Waals surface area contributed by atoms with E-state index in [0.717, 1.165) is 36.3 Å². The van der Waals surface area contributed by atoms with Crippen LogP contribution in [0.3, 0.4) is 0 Å². The molecule has 0 unspecified atom stereocenters. The van der Waals surface area contributed by atoms with Gasteiger partial charge in [-0.15, -0.1) is 0 Å². The molecule has 22 heavy (non-hydrogen) atoms. The Morgan fingerprint density at radius 3 is 2.77 bits per heavy atom. The smallest absolute Gasteiger partial charge is 0.231 e. The van der Waals surface area contributed by atoms with E-state index in [9.17, 15) is 5.11 Å². The zero-order valence-electron chi connectivity index (χ0n) is 12.5. The SMILES string of the molecule is CN1CCC2=CC[C@H]3O[C@H](O)c4cc5c(cc4[C@H]3[C@@H]21)OCO5. The molecule has 0 aromatic heterocycles. The van der Waals surface area contributed by atoms with Gasteiger partial charge in [-0.25, -0.2) is 0 Å². The van der Waals surface area contributed by atoms with Gasteiger partial charge in [0.05, 0.1) is 6.10 Å². The Labute approximate surface area is 129 Å². The maximum atomic E-state index is 10.4. The fourth-order valence-corrected chi connectivity index (χ4v) is 4.45. The van der Waals surface area contributed by atoms with Crippen LogP contribution in [0.2, 0.25) is 0 Å². The van der Waals surface area contributed by atoms with Crippen LogP contribution in [0.1, 0.15) is 36.2 Å². The average Bonchev–Trinajstić information content (AvgIpc) is 3.12. The second-order valence-electron chi connectivity index (χ2n) is 6.58. The number of likely N-dealkylation sites (tertiary alicyclic amines) is 1. The molecule has 116 valence electrons. The lowest BCUT2D eigenvalue weighted by atomic mass is 9.74. The summed E-state index contributed by atoms with van der Waals surface area (Å²) in [6, 6.07) is 4.30. The number of fused-ring (bicyclic) bond motifs is 6. The average molecular weight is 301 g/mol. The molecule has 0 radical (unpaired) electrons. The fraction of sp³-hybridized carbons (Fsp3) is 0.529. The molecule has 1 fully saturated rings. The highest BCUT2D eigenvalue weighted by atomic mass is 16.7. The first-order chi connectivity index (χ1) is 10.7. The Morgan fingerprint density at radius 2 is 1.95 bits per heavy atom. The fourth-order valence-electron chi connectivity index (χ4n) is 4.45. The van der Waals surface area contributed by atoms with Crippen LogP contribution in [0.15, 0.2) is 23.8 Å². The lowest BCUT2D eigenvalue weighted by molar-refractivity contribution is -0.162. The van der Waals surface area contributed by atoms with Gasteiger partial charge in [-0.05, 0) is 37.6 Å². The van der Waals surface area contributed by atoms with Gasteiger partial charge in [0.2, 0.25) is 6.79 Å². The number of likely N-dealkylation sites (N-methyl/N-ethyl adjacent to an activating group) is 1. The standard InChI is InChI=1S/C17H19NO4/c1-18-5-4-9-2-3-12-15(16(9)18)10-6-13-14(21-8-20-13)7-11(10)17(19)22-12/h2,6-7,12,15-17,19H,3-5,8H2,1H3/t12-,15-,16-,17+/m1/s1. The molecule has 3 heterocycles. The molecule has 4 aliphatic rings. The summed E-state index contributed by atoms with van der Waals surface area (Å²) >= 11 is 0. The van der Waals surface area contributed by atoms with Gasteiger partial charge in [0.15, 0.2) is 17.8 Å². The Morgan fingerprint density at radius 1 is 1.18 bits per heavy atom. The van der Waals surface area contributed by atoms with Crippen molar-refractivity contribution in [3.05, 3.63) is 34.9 Å². The Bertz CT molecular complexity index is 671. The molecule has 1 aromatic rings. The number of benzene rings is 1. The first-order valence-electron chi connectivity index (χ1n) is 7.88. The van der Waals surface area contributed by atoms with Crippen molar-refractivity contribution >= 4 is 0 Å².